The van der Waals surface area contributed by atoms with Gasteiger partial charge in [0.2, 0.25) is 0 Å². The maximum absolute atomic E-state index is 12.6. The van der Waals surface area contributed by atoms with E-state index < -0.39 is 0 Å². The average Bonchev–Trinajstić information content (AvgIpc) is 3.29. The highest BCUT2D eigenvalue weighted by atomic mass is 79.9. The monoisotopic (exact) mass is 542 g/mol. The lowest BCUT2D eigenvalue weighted by atomic mass is 10.1. The number of nitriles is 1. The van der Waals surface area contributed by atoms with Crippen molar-refractivity contribution >= 4 is 28.1 Å². The van der Waals surface area contributed by atoms with Gasteiger partial charge in [-0.25, -0.2) is 5.43 Å². The van der Waals surface area contributed by atoms with Crippen molar-refractivity contribution in [3.8, 4) is 34.5 Å². The second-order valence-electron chi connectivity index (χ2n) is 7.79. The number of hydrogen-bond acceptors (Lipinski definition) is 5. The van der Waals surface area contributed by atoms with Gasteiger partial charge in [-0.2, -0.15) is 10.4 Å². The lowest BCUT2D eigenvalue weighted by Crippen LogP contribution is -2.17. The molecule has 180 valence electrons. The Morgan fingerprint density at radius 1 is 1.11 bits per heavy atom. The van der Waals surface area contributed by atoms with Crippen LogP contribution in [0.2, 0.25) is 0 Å². The summed E-state index contributed by atoms with van der Waals surface area (Å²) in [5.74, 6) is 0.539. The number of aromatic nitrogens is 1. The lowest BCUT2D eigenvalue weighted by Gasteiger charge is -2.13. The van der Waals surface area contributed by atoms with Crippen molar-refractivity contribution in [1.82, 2.24) is 9.99 Å². The first kappa shape index (κ1) is 24.8. The molecule has 0 saturated carbocycles. The Morgan fingerprint density at radius 3 is 2.56 bits per heavy atom. The molecule has 0 aliphatic heterocycles. The van der Waals surface area contributed by atoms with Crippen LogP contribution >= 0.6 is 15.9 Å². The predicted octanol–water partition coefficient (Wildman–Crippen LogP) is 5.89. The fourth-order valence-electron chi connectivity index (χ4n) is 3.77. The molecule has 1 N–H and O–H groups in total. The first-order chi connectivity index (χ1) is 17.5. The largest absolute Gasteiger partial charge is 0.493 e. The molecule has 0 aliphatic rings. The van der Waals surface area contributed by atoms with Crippen LogP contribution in [0.3, 0.4) is 0 Å². The van der Waals surface area contributed by atoms with Crippen LogP contribution in [0.25, 0.3) is 16.9 Å². The van der Waals surface area contributed by atoms with Gasteiger partial charge in [-0.1, -0.05) is 30.3 Å². The molecule has 0 saturated heterocycles. The number of carbonyl (C=O) groups excluding carboxylic acids is 1. The number of aryl methyl sites for hydroxylation is 1. The third-order valence-corrected chi connectivity index (χ3v) is 6.03. The molecule has 1 amide bonds. The van der Waals surface area contributed by atoms with Crippen LogP contribution in [-0.2, 0) is 0 Å². The van der Waals surface area contributed by atoms with Crippen LogP contribution < -0.4 is 14.9 Å². The van der Waals surface area contributed by atoms with Gasteiger partial charge < -0.3 is 14.0 Å². The molecular weight excluding hydrogens is 520 g/mol. The molecule has 36 heavy (non-hydrogen) atoms. The molecule has 0 atom stereocenters. The zero-order valence-corrected chi connectivity index (χ0v) is 21.3. The van der Waals surface area contributed by atoms with Crippen molar-refractivity contribution < 1.29 is 14.3 Å². The minimum absolute atomic E-state index is 0.102. The summed E-state index contributed by atoms with van der Waals surface area (Å²) in [5.41, 5.74) is 7.98. The molecule has 0 aliphatic carbocycles. The number of benzene rings is 3. The number of rotatable bonds is 8. The average molecular weight is 543 g/mol. The van der Waals surface area contributed by atoms with Gasteiger partial charge >= 0.3 is 0 Å². The first-order valence-corrected chi connectivity index (χ1v) is 11.9. The fraction of sp³-hybridized carbons (Fsp3) is 0.107. The molecular formula is C28H23BrN4O3. The lowest BCUT2D eigenvalue weighted by molar-refractivity contribution is 0.0955. The molecule has 0 fully saturated rings. The van der Waals surface area contributed by atoms with E-state index in [1.807, 2.05) is 36.4 Å². The number of ether oxygens (including phenoxy) is 2. The van der Waals surface area contributed by atoms with Crippen molar-refractivity contribution in [3.63, 3.8) is 0 Å². The van der Waals surface area contributed by atoms with Gasteiger partial charge in [0.1, 0.15) is 6.07 Å². The molecule has 4 rings (SSSR count). The van der Waals surface area contributed by atoms with Crippen LogP contribution in [0.15, 0.2) is 88.4 Å². The van der Waals surface area contributed by atoms with Gasteiger partial charge in [0.25, 0.3) is 5.91 Å². The quantitative estimate of drug-likeness (QED) is 0.222. The Balaban J connectivity index is 1.47. The van der Waals surface area contributed by atoms with Gasteiger partial charge in [0, 0.05) is 16.9 Å². The number of amides is 1. The summed E-state index contributed by atoms with van der Waals surface area (Å²) in [6, 6.07) is 27.1. The van der Waals surface area contributed by atoms with Crippen LogP contribution in [0, 0.1) is 18.3 Å². The van der Waals surface area contributed by atoms with E-state index in [-0.39, 0.29) is 12.5 Å². The molecule has 0 radical (unpaired) electrons. The molecule has 8 heteroatoms. The molecule has 0 bridgehead atoms. The molecule has 0 unspecified atom stereocenters. The third-order valence-electron chi connectivity index (χ3n) is 5.45. The Hall–Kier alpha value is -4.35. The van der Waals surface area contributed by atoms with Crippen LogP contribution in [-0.4, -0.2) is 30.4 Å². The normalized spacial score (nSPS) is 10.7. The van der Waals surface area contributed by atoms with Crippen LogP contribution in [0.5, 0.6) is 11.5 Å². The van der Waals surface area contributed by atoms with E-state index in [1.165, 1.54) is 13.3 Å². The second kappa shape index (κ2) is 11.4. The number of nitrogens with one attached hydrogen (secondary N) is 1. The summed E-state index contributed by atoms with van der Waals surface area (Å²) < 4.78 is 13.5. The fourth-order valence-corrected chi connectivity index (χ4v) is 4.34. The van der Waals surface area contributed by atoms with Gasteiger partial charge in [-0.05, 0) is 82.5 Å². The first-order valence-electron chi connectivity index (χ1n) is 11.1. The van der Waals surface area contributed by atoms with Gasteiger partial charge in [0.15, 0.2) is 18.1 Å². The minimum Gasteiger partial charge on any atom is -0.493 e. The van der Waals surface area contributed by atoms with Gasteiger partial charge in [0.05, 0.1) is 23.5 Å². The number of methoxy groups -OCH3 is 1. The summed E-state index contributed by atoms with van der Waals surface area (Å²) >= 11 is 3.41. The highest BCUT2D eigenvalue weighted by Crippen LogP contribution is 2.36. The Morgan fingerprint density at radius 2 is 1.86 bits per heavy atom. The number of hydrogen-bond donors (Lipinski definition) is 1. The number of hydrazone groups is 1. The summed E-state index contributed by atoms with van der Waals surface area (Å²) in [7, 11) is 1.51. The van der Waals surface area contributed by atoms with Crippen molar-refractivity contribution in [2.45, 2.75) is 6.92 Å². The summed E-state index contributed by atoms with van der Waals surface area (Å²) in [4.78, 5) is 12.6. The Labute approximate surface area is 217 Å². The van der Waals surface area contributed by atoms with E-state index in [2.05, 4.69) is 62.2 Å². The van der Waals surface area contributed by atoms with Crippen molar-refractivity contribution in [2.75, 3.05) is 13.7 Å². The summed E-state index contributed by atoms with van der Waals surface area (Å²) in [6.07, 6.45) is 1.50. The van der Waals surface area contributed by atoms with Crippen LogP contribution in [0.1, 0.15) is 21.6 Å². The third kappa shape index (κ3) is 5.48. The minimum atomic E-state index is -0.328. The smallest absolute Gasteiger partial charge is 0.271 e. The van der Waals surface area contributed by atoms with Crippen LogP contribution in [0.4, 0.5) is 0 Å². The van der Waals surface area contributed by atoms with Gasteiger partial charge in [-0.3, -0.25) is 4.79 Å². The maximum atomic E-state index is 12.6. The number of halogens is 1. The van der Waals surface area contributed by atoms with E-state index >= 15 is 0 Å². The van der Waals surface area contributed by atoms with E-state index in [1.54, 1.807) is 24.3 Å². The SMILES string of the molecule is COc1cc(/C=N/NC(=O)c2ccc(-n3c(C)ccc3-c3ccccc3)cc2)cc(Br)c1OCC#N. The van der Waals surface area contributed by atoms with E-state index in [0.29, 0.717) is 27.1 Å². The van der Waals surface area contributed by atoms with E-state index in [9.17, 15) is 4.79 Å². The molecule has 1 aromatic heterocycles. The molecule has 1 heterocycles. The summed E-state index contributed by atoms with van der Waals surface area (Å²) in [6.45, 7) is 1.95. The van der Waals surface area contributed by atoms with E-state index in [0.717, 1.165) is 22.6 Å². The van der Waals surface area contributed by atoms with Crippen molar-refractivity contribution in [1.29, 1.82) is 5.26 Å². The zero-order valence-electron chi connectivity index (χ0n) is 19.7. The topological polar surface area (TPSA) is 88.6 Å². The standard InChI is InChI=1S/C28H23BrN4O3/c1-19-8-13-25(21-6-4-3-5-7-21)33(19)23-11-9-22(10-12-23)28(34)32-31-18-20-16-24(29)27(36-15-14-30)26(17-20)35-2/h3-13,16-18H,15H2,1-2H3,(H,32,34)/b31-18+. The highest BCUT2D eigenvalue weighted by molar-refractivity contribution is 9.10. The van der Waals surface area contributed by atoms with Crippen molar-refractivity contribution in [2.24, 2.45) is 5.10 Å². The molecule has 3 aromatic carbocycles. The maximum Gasteiger partial charge on any atom is 0.271 e. The molecule has 0 spiro atoms. The number of carbonyl (C=O) groups is 1. The predicted molar refractivity (Wildman–Crippen MR) is 143 cm³/mol. The number of nitrogens with zero attached hydrogens (tertiary/aromatic N) is 3. The molecule has 7 nitrogen and oxygen atoms in total. The Bertz CT molecular complexity index is 1440. The van der Waals surface area contributed by atoms with Gasteiger partial charge in [-0.15, -0.1) is 0 Å². The summed E-state index contributed by atoms with van der Waals surface area (Å²) in [5, 5.41) is 12.8. The zero-order chi connectivity index (χ0) is 25.5. The molecule has 4 aromatic rings. The highest BCUT2D eigenvalue weighted by Gasteiger charge is 2.12. The van der Waals surface area contributed by atoms with E-state index in [4.69, 9.17) is 14.7 Å². The van der Waals surface area contributed by atoms with Crippen molar-refractivity contribution in [3.05, 3.63) is 100 Å². The Kier molecular flexibility index (Phi) is 7.83. The second-order valence-corrected chi connectivity index (χ2v) is 8.64.